The molecule has 1 aliphatic heterocycles. The molecule has 1 atom stereocenters. The molecule has 0 fully saturated rings. The molecule has 2 aromatic carbocycles. The number of carbonyl (C=O) groups excluding carboxylic acids is 1. The fraction of sp³-hybridized carbons (Fsp3) is 0.190. The molecule has 0 bridgehead atoms. The number of rotatable bonds is 5. The Balaban J connectivity index is 1.59. The monoisotopic (exact) mass is 396 g/mol. The summed E-state index contributed by atoms with van der Waals surface area (Å²) in [5, 5.41) is 0. The quantitative estimate of drug-likeness (QED) is 0.717. The number of nitrogens with one attached hydrogen (secondary N) is 1. The minimum absolute atomic E-state index is 0.0160. The lowest BCUT2D eigenvalue weighted by molar-refractivity contribution is 0.0981. The van der Waals surface area contributed by atoms with E-state index in [1.54, 1.807) is 29.2 Å². The predicted molar refractivity (Wildman–Crippen MR) is 106 cm³/mol. The lowest BCUT2D eigenvalue weighted by atomic mass is 10.1. The minimum Gasteiger partial charge on any atom is -0.468 e. The molecule has 0 saturated carbocycles. The van der Waals surface area contributed by atoms with Gasteiger partial charge < -0.3 is 9.32 Å². The Labute approximate surface area is 163 Å². The SMILES string of the molecule is CC1Cc2ccccc2N1C(=O)c1cccc(S(=O)(=O)NCc2ccco2)c1. The molecule has 7 heteroatoms. The number of amides is 1. The highest BCUT2D eigenvalue weighted by atomic mass is 32.2. The summed E-state index contributed by atoms with van der Waals surface area (Å²) in [5.41, 5.74) is 2.33. The lowest BCUT2D eigenvalue weighted by Gasteiger charge is -2.23. The maximum absolute atomic E-state index is 13.1. The molecule has 0 radical (unpaired) electrons. The smallest absolute Gasteiger partial charge is 0.258 e. The number of furan rings is 1. The molecular formula is C21H20N2O4S. The van der Waals surface area contributed by atoms with E-state index >= 15 is 0 Å². The topological polar surface area (TPSA) is 79.6 Å². The number of hydrogen-bond donors (Lipinski definition) is 1. The van der Waals surface area contributed by atoms with E-state index in [-0.39, 0.29) is 23.4 Å². The first-order valence-corrected chi connectivity index (χ1v) is 10.5. The molecule has 0 saturated heterocycles. The van der Waals surface area contributed by atoms with E-state index in [1.165, 1.54) is 18.4 Å². The van der Waals surface area contributed by atoms with Crippen LogP contribution in [0.1, 0.15) is 28.6 Å². The first-order chi connectivity index (χ1) is 13.5. The van der Waals surface area contributed by atoms with Gasteiger partial charge in [0.25, 0.3) is 5.91 Å². The van der Waals surface area contributed by atoms with E-state index in [2.05, 4.69) is 4.72 Å². The van der Waals surface area contributed by atoms with E-state index in [4.69, 9.17) is 4.42 Å². The van der Waals surface area contributed by atoms with Crippen molar-refractivity contribution < 1.29 is 17.6 Å². The van der Waals surface area contributed by atoms with Crippen molar-refractivity contribution in [2.24, 2.45) is 0 Å². The number of hydrogen-bond acceptors (Lipinski definition) is 4. The zero-order chi connectivity index (χ0) is 19.7. The van der Waals surface area contributed by atoms with Gasteiger partial charge in [0.15, 0.2) is 0 Å². The third-order valence-electron chi connectivity index (χ3n) is 4.83. The lowest BCUT2D eigenvalue weighted by Crippen LogP contribution is -2.35. The van der Waals surface area contributed by atoms with Crippen LogP contribution in [0.2, 0.25) is 0 Å². The maximum atomic E-state index is 13.1. The molecule has 1 aromatic heterocycles. The summed E-state index contributed by atoms with van der Waals surface area (Å²) in [6.07, 6.45) is 2.27. The number of fused-ring (bicyclic) bond motifs is 1. The van der Waals surface area contributed by atoms with Crippen molar-refractivity contribution in [2.45, 2.75) is 30.8 Å². The van der Waals surface area contributed by atoms with Crippen molar-refractivity contribution in [3.63, 3.8) is 0 Å². The Morgan fingerprint density at radius 2 is 1.96 bits per heavy atom. The van der Waals surface area contributed by atoms with Crippen molar-refractivity contribution in [1.29, 1.82) is 0 Å². The summed E-state index contributed by atoms with van der Waals surface area (Å²) >= 11 is 0. The molecule has 28 heavy (non-hydrogen) atoms. The summed E-state index contributed by atoms with van der Waals surface area (Å²) in [7, 11) is -3.77. The van der Waals surface area contributed by atoms with Crippen molar-refractivity contribution >= 4 is 21.6 Å². The summed E-state index contributed by atoms with van der Waals surface area (Å²) in [4.78, 5) is 14.9. The third kappa shape index (κ3) is 3.46. The largest absolute Gasteiger partial charge is 0.468 e. The van der Waals surface area contributed by atoms with Crippen LogP contribution in [0.5, 0.6) is 0 Å². The van der Waals surface area contributed by atoms with Crippen molar-refractivity contribution in [1.82, 2.24) is 4.72 Å². The highest BCUT2D eigenvalue weighted by Gasteiger charge is 2.31. The highest BCUT2D eigenvalue weighted by Crippen LogP contribution is 2.33. The van der Waals surface area contributed by atoms with Gasteiger partial charge in [0.2, 0.25) is 10.0 Å². The van der Waals surface area contributed by atoms with Crippen LogP contribution in [0.3, 0.4) is 0 Å². The first-order valence-electron chi connectivity index (χ1n) is 8.99. The fourth-order valence-corrected chi connectivity index (χ4v) is 4.51. The fourth-order valence-electron chi connectivity index (χ4n) is 3.47. The van der Waals surface area contributed by atoms with Gasteiger partial charge in [-0.1, -0.05) is 24.3 Å². The molecule has 1 amide bonds. The molecule has 6 nitrogen and oxygen atoms in total. The van der Waals surface area contributed by atoms with Gasteiger partial charge in [0.05, 0.1) is 17.7 Å². The molecule has 0 aliphatic carbocycles. The molecule has 2 heterocycles. The normalized spacial score (nSPS) is 16.2. The molecule has 1 unspecified atom stereocenters. The summed E-state index contributed by atoms with van der Waals surface area (Å²) < 4.78 is 32.9. The van der Waals surface area contributed by atoms with Gasteiger partial charge in [-0.15, -0.1) is 0 Å². The number of nitrogens with zero attached hydrogens (tertiary/aromatic N) is 1. The minimum atomic E-state index is -3.77. The number of para-hydroxylation sites is 1. The van der Waals surface area contributed by atoms with Crippen LogP contribution in [-0.4, -0.2) is 20.4 Å². The summed E-state index contributed by atoms with van der Waals surface area (Å²) in [6.45, 7) is 2.04. The van der Waals surface area contributed by atoms with Gasteiger partial charge >= 0.3 is 0 Å². The van der Waals surface area contributed by atoms with Crippen LogP contribution in [0.4, 0.5) is 5.69 Å². The average molecular weight is 396 g/mol. The van der Waals surface area contributed by atoms with Crippen molar-refractivity contribution in [3.8, 4) is 0 Å². The number of anilines is 1. The van der Waals surface area contributed by atoms with Crippen LogP contribution in [0.15, 0.2) is 76.2 Å². The molecule has 1 aliphatic rings. The van der Waals surface area contributed by atoms with Crippen LogP contribution in [0.25, 0.3) is 0 Å². The Morgan fingerprint density at radius 3 is 2.75 bits per heavy atom. The number of sulfonamides is 1. The summed E-state index contributed by atoms with van der Waals surface area (Å²) in [5.74, 6) is 0.304. The number of carbonyl (C=O) groups is 1. The van der Waals surface area contributed by atoms with Crippen molar-refractivity contribution in [3.05, 3.63) is 83.8 Å². The van der Waals surface area contributed by atoms with Gasteiger partial charge in [-0.3, -0.25) is 4.79 Å². The van der Waals surface area contributed by atoms with Gasteiger partial charge in [0.1, 0.15) is 5.76 Å². The first kappa shape index (κ1) is 18.5. The molecule has 4 rings (SSSR count). The Bertz CT molecular complexity index is 1110. The average Bonchev–Trinajstić information content (AvgIpc) is 3.33. The van der Waals surface area contributed by atoms with E-state index in [1.807, 2.05) is 31.2 Å². The predicted octanol–water partition coefficient (Wildman–Crippen LogP) is 3.35. The van der Waals surface area contributed by atoms with Gasteiger partial charge in [-0.2, -0.15) is 0 Å². The highest BCUT2D eigenvalue weighted by molar-refractivity contribution is 7.89. The second-order valence-electron chi connectivity index (χ2n) is 6.79. The molecule has 1 N–H and O–H groups in total. The molecule has 3 aromatic rings. The Morgan fingerprint density at radius 1 is 1.14 bits per heavy atom. The Hall–Kier alpha value is -2.90. The summed E-state index contributed by atoms with van der Waals surface area (Å²) in [6, 6.07) is 17.3. The van der Waals surface area contributed by atoms with E-state index < -0.39 is 10.0 Å². The van der Waals surface area contributed by atoms with Gasteiger partial charge in [0, 0.05) is 17.3 Å². The second-order valence-corrected chi connectivity index (χ2v) is 8.56. The maximum Gasteiger partial charge on any atom is 0.258 e. The van der Waals surface area contributed by atoms with Gasteiger partial charge in [-0.25, -0.2) is 13.1 Å². The number of benzene rings is 2. The third-order valence-corrected chi connectivity index (χ3v) is 6.23. The van der Waals surface area contributed by atoms with Crippen LogP contribution in [-0.2, 0) is 23.0 Å². The molecular weight excluding hydrogens is 376 g/mol. The Kier molecular flexibility index (Phi) is 4.78. The van der Waals surface area contributed by atoms with E-state index in [0.717, 1.165) is 17.7 Å². The van der Waals surface area contributed by atoms with Crippen LogP contribution < -0.4 is 9.62 Å². The van der Waals surface area contributed by atoms with Gasteiger partial charge in [-0.05, 0) is 55.3 Å². The van der Waals surface area contributed by atoms with E-state index in [0.29, 0.717) is 11.3 Å². The van der Waals surface area contributed by atoms with E-state index in [9.17, 15) is 13.2 Å². The standard InChI is InChI=1S/C21H20N2O4S/c1-15-12-16-6-2-3-10-20(16)23(15)21(24)17-7-4-9-19(13-17)28(25,26)22-14-18-8-5-11-27-18/h2-11,13,15,22H,12,14H2,1H3. The van der Waals surface area contributed by atoms with Crippen LogP contribution >= 0.6 is 0 Å². The molecule has 0 spiro atoms. The zero-order valence-electron chi connectivity index (χ0n) is 15.3. The molecule has 144 valence electrons. The zero-order valence-corrected chi connectivity index (χ0v) is 16.1. The van der Waals surface area contributed by atoms with Crippen LogP contribution in [0, 0.1) is 0 Å². The van der Waals surface area contributed by atoms with Crippen molar-refractivity contribution in [2.75, 3.05) is 4.90 Å². The second kappa shape index (κ2) is 7.26.